The molecule has 0 bridgehead atoms. The summed E-state index contributed by atoms with van der Waals surface area (Å²) in [6.07, 6.45) is -0.236. The first-order valence-corrected chi connectivity index (χ1v) is 12.5. The van der Waals surface area contributed by atoms with Crippen molar-refractivity contribution in [2.75, 3.05) is 18.5 Å². The first-order valence-electron chi connectivity index (χ1n) is 12.5. The van der Waals surface area contributed by atoms with Crippen molar-refractivity contribution in [2.24, 2.45) is 0 Å². The highest BCUT2D eigenvalue weighted by atomic mass is 19.1. The quantitative estimate of drug-likeness (QED) is 0.180. The van der Waals surface area contributed by atoms with Crippen molar-refractivity contribution in [3.8, 4) is 0 Å². The second-order valence-corrected chi connectivity index (χ2v) is 8.42. The van der Waals surface area contributed by atoms with E-state index in [2.05, 4.69) is 46.7 Å². The molecule has 5 heteroatoms. The molecule has 0 radical (unpaired) electrons. The molecule has 0 fully saturated rings. The summed E-state index contributed by atoms with van der Waals surface area (Å²) in [5, 5.41) is 3.64. The number of hydrogen-bond acceptors (Lipinski definition) is 4. The molecule has 1 heterocycles. The Balaban J connectivity index is 1.97. The first-order chi connectivity index (χ1) is 17.6. The van der Waals surface area contributed by atoms with Gasteiger partial charge in [-0.05, 0) is 43.0 Å². The SMILES string of the molecule is CCOC(OCC)c1cc(NC(c2ccccc2)(c2ccccc2)c2ccccc2)c(F)c(CC)n1. The summed E-state index contributed by atoms with van der Waals surface area (Å²) in [5.41, 5.74) is 3.36. The van der Waals surface area contributed by atoms with Gasteiger partial charge in [0, 0.05) is 13.2 Å². The summed E-state index contributed by atoms with van der Waals surface area (Å²) >= 11 is 0. The number of aryl methyl sites for hydroxylation is 1. The number of aromatic nitrogens is 1. The van der Waals surface area contributed by atoms with Crippen molar-refractivity contribution in [1.29, 1.82) is 0 Å². The minimum Gasteiger partial charge on any atom is -0.365 e. The number of benzene rings is 3. The van der Waals surface area contributed by atoms with Gasteiger partial charge in [-0.3, -0.25) is 0 Å². The summed E-state index contributed by atoms with van der Waals surface area (Å²) in [6, 6.07) is 32.1. The zero-order valence-corrected chi connectivity index (χ0v) is 21.1. The smallest absolute Gasteiger partial charge is 0.201 e. The maximum absolute atomic E-state index is 16.0. The lowest BCUT2D eigenvalue weighted by molar-refractivity contribution is -0.142. The third-order valence-corrected chi connectivity index (χ3v) is 6.20. The van der Waals surface area contributed by atoms with Crippen LogP contribution < -0.4 is 5.32 Å². The molecule has 36 heavy (non-hydrogen) atoms. The van der Waals surface area contributed by atoms with Gasteiger partial charge in [0.1, 0.15) is 5.54 Å². The molecule has 0 aliphatic rings. The Morgan fingerprint density at radius 2 is 1.19 bits per heavy atom. The Morgan fingerprint density at radius 3 is 1.58 bits per heavy atom. The Kier molecular flexibility index (Phi) is 8.47. The van der Waals surface area contributed by atoms with Gasteiger partial charge in [0.05, 0.1) is 17.1 Å². The summed E-state index contributed by atoms with van der Waals surface area (Å²) in [5.74, 6) is -0.375. The van der Waals surface area contributed by atoms with E-state index in [9.17, 15) is 0 Å². The second-order valence-electron chi connectivity index (χ2n) is 8.42. The van der Waals surface area contributed by atoms with Crippen LogP contribution in [0.3, 0.4) is 0 Å². The molecule has 0 unspecified atom stereocenters. The third kappa shape index (κ3) is 5.18. The lowest BCUT2D eigenvalue weighted by Gasteiger charge is -2.38. The van der Waals surface area contributed by atoms with Crippen LogP contribution in [-0.2, 0) is 21.4 Å². The molecule has 3 aromatic carbocycles. The molecule has 0 atom stereocenters. The van der Waals surface area contributed by atoms with Gasteiger partial charge in [-0.2, -0.15) is 0 Å². The van der Waals surface area contributed by atoms with Crippen LogP contribution in [0.2, 0.25) is 0 Å². The van der Waals surface area contributed by atoms with Crippen LogP contribution in [0.25, 0.3) is 0 Å². The lowest BCUT2D eigenvalue weighted by atomic mass is 9.76. The van der Waals surface area contributed by atoms with Crippen LogP contribution in [0.5, 0.6) is 0 Å². The standard InChI is InChI=1S/C31H33FN2O2/c1-4-26-29(32)27(22-28(33-26)30(35-5-2)36-6-3)34-31(23-16-10-7-11-17-23,24-18-12-8-13-19-24)25-20-14-9-15-21-25/h7-22,30H,4-6H2,1-3H3,(H,33,34). The first kappa shape index (κ1) is 25.5. The second kappa shape index (κ2) is 11.9. The van der Waals surface area contributed by atoms with Crippen molar-refractivity contribution in [1.82, 2.24) is 4.98 Å². The van der Waals surface area contributed by atoms with E-state index in [1.54, 1.807) is 6.07 Å². The maximum Gasteiger partial charge on any atom is 0.201 e. The average Bonchev–Trinajstić information content (AvgIpc) is 2.94. The van der Waals surface area contributed by atoms with Gasteiger partial charge >= 0.3 is 0 Å². The molecular weight excluding hydrogens is 451 g/mol. The number of hydrogen-bond donors (Lipinski definition) is 1. The fraction of sp³-hybridized carbons (Fsp3) is 0.258. The van der Waals surface area contributed by atoms with E-state index in [0.29, 0.717) is 36.7 Å². The lowest BCUT2D eigenvalue weighted by Crippen LogP contribution is -2.38. The molecule has 0 spiro atoms. The monoisotopic (exact) mass is 484 g/mol. The molecule has 186 valence electrons. The third-order valence-electron chi connectivity index (χ3n) is 6.20. The molecule has 0 saturated heterocycles. The molecule has 0 aliphatic carbocycles. The summed E-state index contributed by atoms with van der Waals surface area (Å²) in [7, 11) is 0. The van der Waals surface area contributed by atoms with Gasteiger partial charge in [0.15, 0.2) is 5.82 Å². The van der Waals surface area contributed by atoms with Gasteiger partial charge in [0.2, 0.25) is 6.29 Å². The van der Waals surface area contributed by atoms with Crippen molar-refractivity contribution >= 4 is 5.69 Å². The number of nitrogens with zero attached hydrogens (tertiary/aromatic N) is 1. The zero-order chi connectivity index (χ0) is 25.4. The number of halogens is 1. The molecule has 4 rings (SSSR count). The van der Waals surface area contributed by atoms with E-state index in [0.717, 1.165) is 16.7 Å². The normalized spacial score (nSPS) is 11.6. The van der Waals surface area contributed by atoms with Crippen LogP contribution in [-0.4, -0.2) is 18.2 Å². The summed E-state index contributed by atoms with van der Waals surface area (Å²) in [4.78, 5) is 4.57. The largest absolute Gasteiger partial charge is 0.365 e. The van der Waals surface area contributed by atoms with Crippen molar-refractivity contribution in [2.45, 2.75) is 39.0 Å². The van der Waals surface area contributed by atoms with Crippen molar-refractivity contribution < 1.29 is 13.9 Å². The molecule has 1 aromatic heterocycles. The van der Waals surface area contributed by atoms with Crippen LogP contribution in [0.1, 0.15) is 55.1 Å². The molecule has 0 amide bonds. The molecular formula is C31H33FN2O2. The van der Waals surface area contributed by atoms with E-state index >= 15 is 4.39 Å². The molecule has 0 saturated carbocycles. The van der Waals surface area contributed by atoms with Crippen LogP contribution in [0, 0.1) is 5.82 Å². The van der Waals surface area contributed by atoms with E-state index in [1.165, 1.54) is 0 Å². The highest BCUT2D eigenvalue weighted by Crippen LogP contribution is 2.41. The number of anilines is 1. The molecule has 1 N–H and O–H groups in total. The Labute approximate surface area is 213 Å². The topological polar surface area (TPSA) is 43.4 Å². The number of pyridine rings is 1. The van der Waals surface area contributed by atoms with Gasteiger partial charge in [0.25, 0.3) is 0 Å². The Hall–Kier alpha value is -3.54. The van der Waals surface area contributed by atoms with Crippen LogP contribution in [0.4, 0.5) is 10.1 Å². The maximum atomic E-state index is 16.0. The number of nitrogens with one attached hydrogen (secondary N) is 1. The number of ether oxygens (including phenoxy) is 2. The summed E-state index contributed by atoms with van der Waals surface area (Å²) < 4.78 is 27.6. The van der Waals surface area contributed by atoms with E-state index in [1.807, 2.05) is 75.4 Å². The highest BCUT2D eigenvalue weighted by molar-refractivity contribution is 5.61. The van der Waals surface area contributed by atoms with Gasteiger partial charge in [-0.15, -0.1) is 0 Å². The average molecular weight is 485 g/mol. The fourth-order valence-corrected chi connectivity index (χ4v) is 4.55. The fourth-order valence-electron chi connectivity index (χ4n) is 4.55. The van der Waals surface area contributed by atoms with E-state index in [4.69, 9.17) is 9.47 Å². The Bertz CT molecular complexity index is 1130. The van der Waals surface area contributed by atoms with Gasteiger partial charge in [-0.1, -0.05) is 97.9 Å². The zero-order valence-electron chi connectivity index (χ0n) is 21.1. The van der Waals surface area contributed by atoms with E-state index in [-0.39, 0.29) is 5.82 Å². The number of rotatable bonds is 11. The van der Waals surface area contributed by atoms with Crippen molar-refractivity contribution in [3.05, 3.63) is 131 Å². The molecule has 4 aromatic rings. The van der Waals surface area contributed by atoms with E-state index < -0.39 is 11.8 Å². The minimum absolute atomic E-state index is 0.345. The summed E-state index contributed by atoms with van der Waals surface area (Å²) in [6.45, 7) is 6.61. The predicted octanol–water partition coefficient (Wildman–Crippen LogP) is 7.26. The van der Waals surface area contributed by atoms with Gasteiger partial charge < -0.3 is 14.8 Å². The molecule has 4 nitrogen and oxygen atoms in total. The minimum atomic E-state index is -0.860. The predicted molar refractivity (Wildman–Crippen MR) is 142 cm³/mol. The van der Waals surface area contributed by atoms with Gasteiger partial charge in [-0.25, -0.2) is 9.37 Å². The van der Waals surface area contributed by atoms with Crippen LogP contribution >= 0.6 is 0 Å². The highest BCUT2D eigenvalue weighted by Gasteiger charge is 2.37. The Morgan fingerprint density at radius 1 is 0.750 bits per heavy atom. The van der Waals surface area contributed by atoms with Crippen molar-refractivity contribution in [3.63, 3.8) is 0 Å². The van der Waals surface area contributed by atoms with Crippen LogP contribution in [0.15, 0.2) is 97.1 Å². The molecule has 0 aliphatic heterocycles.